The average Bonchev–Trinajstić information content (AvgIpc) is 1.91. The SMILES string of the molecule is NCCSC(CN)CN. The van der Waals surface area contributed by atoms with E-state index in [0.717, 1.165) is 5.75 Å². The van der Waals surface area contributed by atoms with E-state index in [1.54, 1.807) is 11.8 Å². The van der Waals surface area contributed by atoms with Crippen molar-refractivity contribution in [1.29, 1.82) is 0 Å². The van der Waals surface area contributed by atoms with Crippen LogP contribution >= 0.6 is 11.8 Å². The van der Waals surface area contributed by atoms with Gasteiger partial charge in [0.15, 0.2) is 0 Å². The summed E-state index contributed by atoms with van der Waals surface area (Å²) in [6, 6.07) is 0. The molecule has 0 unspecified atom stereocenters. The fourth-order valence-electron chi connectivity index (χ4n) is 0.467. The molecule has 56 valence electrons. The second-order valence-electron chi connectivity index (χ2n) is 1.75. The lowest BCUT2D eigenvalue weighted by molar-refractivity contribution is 0.862. The van der Waals surface area contributed by atoms with Crippen LogP contribution in [0.1, 0.15) is 0 Å². The Morgan fingerprint density at radius 3 is 2.00 bits per heavy atom. The van der Waals surface area contributed by atoms with Crippen molar-refractivity contribution in [3.8, 4) is 0 Å². The van der Waals surface area contributed by atoms with E-state index in [2.05, 4.69) is 0 Å². The molecular formula is C5H15N3S. The first-order chi connectivity index (χ1) is 4.35. The number of hydrogen-bond acceptors (Lipinski definition) is 4. The average molecular weight is 149 g/mol. The summed E-state index contributed by atoms with van der Waals surface area (Å²) in [5, 5.41) is 0.397. The largest absolute Gasteiger partial charge is 0.330 e. The molecule has 0 rings (SSSR count). The zero-order chi connectivity index (χ0) is 7.11. The van der Waals surface area contributed by atoms with Gasteiger partial charge >= 0.3 is 0 Å². The molecule has 0 bridgehead atoms. The van der Waals surface area contributed by atoms with Gasteiger partial charge in [-0.2, -0.15) is 11.8 Å². The molecule has 0 radical (unpaired) electrons. The lowest BCUT2D eigenvalue weighted by atomic mass is 10.4. The van der Waals surface area contributed by atoms with Crippen molar-refractivity contribution in [3.05, 3.63) is 0 Å². The minimum Gasteiger partial charge on any atom is -0.330 e. The Bertz CT molecular complexity index is 56.2. The molecule has 0 saturated carbocycles. The van der Waals surface area contributed by atoms with Gasteiger partial charge in [0.2, 0.25) is 0 Å². The number of nitrogens with two attached hydrogens (primary N) is 3. The molecule has 0 spiro atoms. The fourth-order valence-corrected chi connectivity index (χ4v) is 1.21. The second-order valence-corrected chi connectivity index (χ2v) is 3.16. The highest BCUT2D eigenvalue weighted by atomic mass is 32.2. The van der Waals surface area contributed by atoms with Crippen LogP contribution in [0.15, 0.2) is 0 Å². The third-order valence-electron chi connectivity index (χ3n) is 0.997. The van der Waals surface area contributed by atoms with Crippen LogP contribution in [0.25, 0.3) is 0 Å². The Morgan fingerprint density at radius 1 is 1.11 bits per heavy atom. The van der Waals surface area contributed by atoms with Crippen LogP contribution < -0.4 is 17.2 Å². The molecule has 4 heteroatoms. The molecule has 0 atom stereocenters. The van der Waals surface area contributed by atoms with Crippen LogP contribution in [0.3, 0.4) is 0 Å². The molecule has 3 nitrogen and oxygen atoms in total. The molecule has 0 amide bonds. The zero-order valence-corrected chi connectivity index (χ0v) is 6.36. The third-order valence-corrected chi connectivity index (χ3v) is 2.32. The standard InChI is InChI=1S/C5H15N3S/c6-1-2-9-5(3-7)4-8/h5H,1-4,6-8H2. The molecule has 0 aromatic rings. The van der Waals surface area contributed by atoms with Gasteiger partial charge in [0.25, 0.3) is 0 Å². The molecule has 0 saturated heterocycles. The van der Waals surface area contributed by atoms with E-state index in [0.29, 0.717) is 24.9 Å². The smallest absolute Gasteiger partial charge is 0.0293 e. The number of hydrogen-bond donors (Lipinski definition) is 3. The highest BCUT2D eigenvalue weighted by Crippen LogP contribution is 2.05. The molecule has 0 aliphatic rings. The van der Waals surface area contributed by atoms with Crippen molar-refractivity contribution in [2.45, 2.75) is 5.25 Å². The maximum absolute atomic E-state index is 5.38. The Balaban J connectivity index is 3.09. The van der Waals surface area contributed by atoms with E-state index >= 15 is 0 Å². The number of rotatable bonds is 5. The van der Waals surface area contributed by atoms with Crippen molar-refractivity contribution < 1.29 is 0 Å². The summed E-state index contributed by atoms with van der Waals surface area (Å²) < 4.78 is 0. The first-order valence-corrected chi connectivity index (χ1v) is 4.11. The topological polar surface area (TPSA) is 78.1 Å². The molecule has 0 fully saturated rings. The Kier molecular flexibility index (Phi) is 6.51. The van der Waals surface area contributed by atoms with E-state index in [9.17, 15) is 0 Å². The van der Waals surface area contributed by atoms with Gasteiger partial charge < -0.3 is 17.2 Å². The monoisotopic (exact) mass is 149 g/mol. The van der Waals surface area contributed by atoms with Crippen molar-refractivity contribution >= 4 is 11.8 Å². The summed E-state index contributed by atoms with van der Waals surface area (Å²) in [4.78, 5) is 0. The lowest BCUT2D eigenvalue weighted by Crippen LogP contribution is -2.26. The third kappa shape index (κ3) is 4.72. The van der Waals surface area contributed by atoms with Crippen LogP contribution in [-0.4, -0.2) is 30.6 Å². The van der Waals surface area contributed by atoms with E-state index in [1.807, 2.05) is 0 Å². The van der Waals surface area contributed by atoms with Gasteiger partial charge in [0.1, 0.15) is 0 Å². The Labute approximate surface area is 60.3 Å². The maximum Gasteiger partial charge on any atom is 0.0293 e. The highest BCUT2D eigenvalue weighted by molar-refractivity contribution is 8.00. The predicted molar refractivity (Wildman–Crippen MR) is 43.4 cm³/mol. The fraction of sp³-hybridized carbons (Fsp3) is 1.00. The van der Waals surface area contributed by atoms with E-state index < -0.39 is 0 Å². The van der Waals surface area contributed by atoms with Gasteiger partial charge in [-0.25, -0.2) is 0 Å². The van der Waals surface area contributed by atoms with Crippen LogP contribution in [-0.2, 0) is 0 Å². The van der Waals surface area contributed by atoms with Gasteiger partial charge in [-0.3, -0.25) is 0 Å². The molecular weight excluding hydrogens is 134 g/mol. The summed E-state index contributed by atoms with van der Waals surface area (Å²) in [5.74, 6) is 0.957. The molecule has 6 N–H and O–H groups in total. The Hall–Kier alpha value is 0.230. The summed E-state index contributed by atoms with van der Waals surface area (Å²) in [6.07, 6.45) is 0. The van der Waals surface area contributed by atoms with Crippen molar-refractivity contribution in [2.75, 3.05) is 25.4 Å². The van der Waals surface area contributed by atoms with Crippen molar-refractivity contribution in [1.82, 2.24) is 0 Å². The van der Waals surface area contributed by atoms with Gasteiger partial charge in [-0.1, -0.05) is 0 Å². The summed E-state index contributed by atoms with van der Waals surface area (Å²) in [7, 11) is 0. The van der Waals surface area contributed by atoms with Crippen LogP contribution in [0.2, 0.25) is 0 Å². The van der Waals surface area contributed by atoms with Gasteiger partial charge in [-0.15, -0.1) is 0 Å². The maximum atomic E-state index is 5.38. The molecule has 0 aromatic heterocycles. The van der Waals surface area contributed by atoms with E-state index in [-0.39, 0.29) is 0 Å². The predicted octanol–water partition coefficient (Wildman–Crippen LogP) is -1.04. The summed E-state index contributed by atoms with van der Waals surface area (Å²) in [6.45, 7) is 2.02. The molecule has 0 aliphatic carbocycles. The molecule has 0 heterocycles. The first-order valence-electron chi connectivity index (χ1n) is 3.07. The van der Waals surface area contributed by atoms with Gasteiger partial charge in [0.05, 0.1) is 0 Å². The van der Waals surface area contributed by atoms with Crippen molar-refractivity contribution in [2.24, 2.45) is 17.2 Å². The first kappa shape index (κ1) is 9.23. The van der Waals surface area contributed by atoms with E-state index in [4.69, 9.17) is 17.2 Å². The van der Waals surface area contributed by atoms with Gasteiger partial charge in [-0.05, 0) is 0 Å². The molecule has 9 heavy (non-hydrogen) atoms. The summed E-state index contributed by atoms with van der Waals surface area (Å²) in [5.41, 5.74) is 16.0. The highest BCUT2D eigenvalue weighted by Gasteiger charge is 2.01. The lowest BCUT2D eigenvalue weighted by Gasteiger charge is -2.09. The van der Waals surface area contributed by atoms with Crippen LogP contribution in [0.4, 0.5) is 0 Å². The quantitative estimate of drug-likeness (QED) is 0.467. The van der Waals surface area contributed by atoms with Gasteiger partial charge in [0, 0.05) is 30.6 Å². The van der Waals surface area contributed by atoms with Crippen LogP contribution in [0.5, 0.6) is 0 Å². The minimum atomic E-state index is 0.397. The zero-order valence-electron chi connectivity index (χ0n) is 5.55. The van der Waals surface area contributed by atoms with E-state index in [1.165, 1.54) is 0 Å². The molecule has 0 aliphatic heterocycles. The second kappa shape index (κ2) is 6.35. The normalized spacial score (nSPS) is 10.7. The summed E-state index contributed by atoms with van der Waals surface area (Å²) >= 11 is 1.75. The van der Waals surface area contributed by atoms with Crippen LogP contribution in [0, 0.1) is 0 Å². The number of thioether (sulfide) groups is 1. The Morgan fingerprint density at radius 2 is 1.67 bits per heavy atom. The molecule has 0 aromatic carbocycles. The minimum absolute atomic E-state index is 0.397. The van der Waals surface area contributed by atoms with Crippen molar-refractivity contribution in [3.63, 3.8) is 0 Å².